The highest BCUT2D eigenvalue weighted by Crippen LogP contribution is 2.65. The minimum atomic E-state index is -0.967. The first-order valence-electron chi connectivity index (χ1n) is 13.1. The third-order valence-electron chi connectivity index (χ3n) is 9.32. The Bertz CT molecular complexity index is 1210. The van der Waals surface area contributed by atoms with Gasteiger partial charge in [0.15, 0.2) is 0 Å². The summed E-state index contributed by atoms with van der Waals surface area (Å²) >= 11 is 6.11. The average Bonchev–Trinajstić information content (AvgIpc) is 3.57. The second-order valence-electron chi connectivity index (χ2n) is 11.9. The second kappa shape index (κ2) is 8.78. The number of hydrogen-bond acceptors (Lipinski definition) is 6. The minimum Gasteiger partial charge on any atom is -0.404 e. The fourth-order valence-corrected chi connectivity index (χ4v) is 6.82. The summed E-state index contributed by atoms with van der Waals surface area (Å²) in [5, 5.41) is 6.72. The van der Waals surface area contributed by atoms with Crippen molar-refractivity contribution in [1.29, 1.82) is 0 Å². The third-order valence-corrected chi connectivity index (χ3v) is 9.57. The van der Waals surface area contributed by atoms with E-state index in [0.717, 1.165) is 18.4 Å². The van der Waals surface area contributed by atoms with Crippen LogP contribution in [-0.4, -0.2) is 52.1 Å². The highest BCUT2D eigenvalue weighted by Gasteiger charge is 2.68. The summed E-state index contributed by atoms with van der Waals surface area (Å²) in [6.45, 7) is 6.82. The average molecular weight is 523 g/mol. The number of carbonyl (C=O) groups is 2. The maximum atomic E-state index is 13.6. The number of carbonyl (C=O) groups excluding carboxylic acids is 2. The van der Waals surface area contributed by atoms with Gasteiger partial charge in [-0.2, -0.15) is 0 Å². The molecule has 5 aliphatic rings. The minimum absolute atomic E-state index is 0.00476. The van der Waals surface area contributed by atoms with E-state index in [1.165, 1.54) is 18.6 Å². The molecule has 0 radical (unpaired) electrons. The van der Waals surface area contributed by atoms with E-state index in [9.17, 15) is 9.59 Å². The Morgan fingerprint density at radius 2 is 1.92 bits per heavy atom. The lowest BCUT2D eigenvalue weighted by Crippen LogP contribution is -2.65. The summed E-state index contributed by atoms with van der Waals surface area (Å²) in [5.41, 5.74) is 0.0660. The Morgan fingerprint density at radius 3 is 2.57 bits per heavy atom. The molecule has 1 aromatic carbocycles. The van der Waals surface area contributed by atoms with Gasteiger partial charge in [-0.1, -0.05) is 37.6 Å². The van der Waals surface area contributed by atoms with E-state index in [-0.39, 0.29) is 28.7 Å². The maximum absolute atomic E-state index is 13.6. The predicted molar refractivity (Wildman–Crippen MR) is 139 cm³/mol. The van der Waals surface area contributed by atoms with Crippen molar-refractivity contribution >= 4 is 30.5 Å². The van der Waals surface area contributed by atoms with Crippen molar-refractivity contribution in [2.24, 2.45) is 17.3 Å². The molecule has 2 N–H and O–H groups in total. The summed E-state index contributed by atoms with van der Waals surface area (Å²) in [7, 11) is -0.587. The zero-order valence-corrected chi connectivity index (χ0v) is 22.1. The van der Waals surface area contributed by atoms with Crippen molar-refractivity contribution in [3.8, 4) is 0 Å². The van der Waals surface area contributed by atoms with Gasteiger partial charge in [-0.05, 0) is 74.0 Å². The number of rotatable bonds is 7. The molecule has 1 aliphatic heterocycles. The lowest BCUT2D eigenvalue weighted by molar-refractivity contribution is -0.199. The monoisotopic (exact) mass is 522 g/mol. The molecule has 5 fully saturated rings. The number of hydrogen-bond donors (Lipinski definition) is 2. The van der Waals surface area contributed by atoms with Crippen LogP contribution in [0.5, 0.6) is 0 Å². The molecule has 8 nitrogen and oxygen atoms in total. The van der Waals surface area contributed by atoms with Gasteiger partial charge in [0, 0.05) is 17.4 Å². The van der Waals surface area contributed by atoms with Gasteiger partial charge < -0.3 is 19.9 Å². The Balaban J connectivity index is 1.21. The van der Waals surface area contributed by atoms with Crippen LogP contribution in [0.4, 0.5) is 0 Å². The number of nitrogens with one attached hydrogen (secondary N) is 2. The van der Waals surface area contributed by atoms with E-state index in [1.54, 1.807) is 0 Å². The first-order valence-corrected chi connectivity index (χ1v) is 13.5. The summed E-state index contributed by atoms with van der Waals surface area (Å²) in [5.74, 6) is -0.0262. The van der Waals surface area contributed by atoms with Gasteiger partial charge in [0.2, 0.25) is 5.91 Å². The van der Waals surface area contributed by atoms with Crippen LogP contribution in [-0.2, 0) is 20.5 Å². The molecule has 10 heteroatoms. The molecule has 0 spiro atoms. The molecule has 4 saturated carbocycles. The number of benzene rings is 1. The van der Waals surface area contributed by atoms with Gasteiger partial charge in [-0.15, -0.1) is 0 Å². The summed E-state index contributed by atoms with van der Waals surface area (Å²) < 4.78 is 13.2. The van der Waals surface area contributed by atoms with Gasteiger partial charge in [-0.3, -0.25) is 14.6 Å². The molecule has 2 heterocycles. The van der Waals surface area contributed by atoms with Crippen LogP contribution >= 0.6 is 11.6 Å². The number of amides is 2. The van der Waals surface area contributed by atoms with Crippen molar-refractivity contribution in [3.63, 3.8) is 0 Å². The lowest BCUT2D eigenvalue weighted by Gasteiger charge is -2.64. The molecule has 1 aromatic heterocycles. The van der Waals surface area contributed by atoms with Crippen LogP contribution in [0.25, 0.3) is 0 Å². The van der Waals surface area contributed by atoms with Crippen LogP contribution in [0.15, 0.2) is 42.9 Å². The largest absolute Gasteiger partial charge is 0.482 e. The second-order valence-corrected chi connectivity index (χ2v) is 12.3. The van der Waals surface area contributed by atoms with Crippen molar-refractivity contribution < 1.29 is 18.9 Å². The van der Waals surface area contributed by atoms with Gasteiger partial charge in [0.25, 0.3) is 5.91 Å². The van der Waals surface area contributed by atoms with Crippen LogP contribution in [0.3, 0.4) is 0 Å². The molecule has 5 atom stereocenters. The topological polar surface area (TPSA) is 102 Å². The molecule has 0 unspecified atom stereocenters. The Labute approximate surface area is 222 Å². The van der Waals surface area contributed by atoms with Crippen molar-refractivity contribution in [1.82, 2.24) is 20.6 Å². The number of halogens is 1. The van der Waals surface area contributed by atoms with Crippen molar-refractivity contribution in [2.75, 3.05) is 0 Å². The molecule has 2 aromatic rings. The van der Waals surface area contributed by atoms with E-state index in [2.05, 4.69) is 41.4 Å². The van der Waals surface area contributed by atoms with Crippen molar-refractivity contribution in [2.45, 2.75) is 76.1 Å². The Kier molecular flexibility index (Phi) is 5.89. The Hall–Kier alpha value is -2.49. The molecule has 194 valence electrons. The van der Waals surface area contributed by atoms with Gasteiger partial charge in [0.1, 0.15) is 11.2 Å². The third kappa shape index (κ3) is 4.25. The molecule has 4 aliphatic carbocycles. The molecule has 7 rings (SSSR count). The fraction of sp³-hybridized carbons (Fsp3) is 0.556. The van der Waals surface area contributed by atoms with E-state index < -0.39 is 24.5 Å². The van der Waals surface area contributed by atoms with Crippen LogP contribution in [0.1, 0.15) is 62.5 Å². The zero-order valence-electron chi connectivity index (χ0n) is 21.4. The predicted octanol–water partition coefficient (Wildman–Crippen LogP) is 3.39. The molecule has 1 saturated heterocycles. The lowest BCUT2D eigenvalue weighted by atomic mass is 9.43. The first-order chi connectivity index (χ1) is 17.6. The molecule has 2 amide bonds. The zero-order chi connectivity index (χ0) is 26.0. The van der Waals surface area contributed by atoms with Crippen molar-refractivity contribution in [3.05, 3.63) is 59.1 Å². The Morgan fingerprint density at radius 1 is 1.16 bits per heavy atom. The molecular formula is C27H32BClN4O4. The van der Waals surface area contributed by atoms with Crippen LogP contribution in [0, 0.1) is 17.3 Å². The number of aromatic nitrogens is 2. The van der Waals surface area contributed by atoms with E-state index >= 15 is 0 Å². The summed E-state index contributed by atoms with van der Waals surface area (Å²) in [6, 6.07) is 7.59. The molecular weight excluding hydrogens is 491 g/mol. The smallest absolute Gasteiger partial charge is 0.404 e. The fourth-order valence-electron chi connectivity index (χ4n) is 6.70. The molecule has 2 bridgehead atoms. The quantitative estimate of drug-likeness (QED) is 0.541. The van der Waals surface area contributed by atoms with E-state index in [0.29, 0.717) is 36.1 Å². The van der Waals surface area contributed by atoms with E-state index in [4.69, 9.17) is 20.9 Å². The van der Waals surface area contributed by atoms with Crippen LogP contribution < -0.4 is 10.6 Å². The van der Waals surface area contributed by atoms with E-state index in [1.807, 2.05) is 24.3 Å². The standard InChI is InChI=1S/C27H32BClN4O4/c1-25(2)17-13-20(25)26(3)21(14-17)36-28(37-26)22(12-16-4-6-18(29)7-5-16)32-24(35)27(8-9-27)33-23(34)19-15-30-10-11-31-19/h4-7,10-11,15,17,20-22H,8-9,12-14H2,1-3H3,(H,32,35)(H,33,34)/t17-,20-,21+,22-,26-/m0/s1. The van der Waals surface area contributed by atoms with Gasteiger partial charge in [0.05, 0.1) is 23.8 Å². The summed E-state index contributed by atoms with van der Waals surface area (Å²) in [4.78, 5) is 34.3. The maximum Gasteiger partial charge on any atom is 0.482 e. The number of nitrogens with zero attached hydrogens (tertiary/aromatic N) is 2. The molecule has 37 heavy (non-hydrogen) atoms. The first kappa shape index (κ1) is 24.8. The van der Waals surface area contributed by atoms with Gasteiger partial charge in [-0.25, -0.2) is 4.98 Å². The normalized spacial score (nSPS) is 31.0. The van der Waals surface area contributed by atoms with Gasteiger partial charge >= 0.3 is 7.12 Å². The van der Waals surface area contributed by atoms with Crippen LogP contribution in [0.2, 0.25) is 5.02 Å². The SMILES string of the molecule is CC1(C)[C@@H]2C[C@H]3OB([C@H](Cc4ccc(Cl)cc4)NC(=O)C4(NC(=O)c5cnccn5)CC4)O[C@@]3(C)[C@H]1C2. The summed E-state index contributed by atoms with van der Waals surface area (Å²) in [6.07, 6.45) is 8.11. The highest BCUT2D eigenvalue weighted by molar-refractivity contribution is 6.48. The highest BCUT2D eigenvalue weighted by atomic mass is 35.5.